The zero-order chi connectivity index (χ0) is 14.8. The molecule has 0 bridgehead atoms. The van der Waals surface area contributed by atoms with Gasteiger partial charge in [-0.1, -0.05) is 48.8 Å². The molecule has 1 nitrogen and oxygen atoms in total. The van der Waals surface area contributed by atoms with Crippen molar-refractivity contribution in [3.05, 3.63) is 63.9 Å². The quantitative estimate of drug-likeness (QED) is 0.781. The lowest BCUT2D eigenvalue weighted by molar-refractivity contribution is 0.590. The van der Waals surface area contributed by atoms with Crippen LogP contribution in [0.15, 0.2) is 46.9 Å². The Morgan fingerprint density at radius 1 is 1.05 bits per heavy atom. The SMILES string of the molecule is CC(C)(C)c1ccc(NCc2cc(F)ccc2Br)cc1. The fourth-order valence-electron chi connectivity index (χ4n) is 1.96. The highest BCUT2D eigenvalue weighted by molar-refractivity contribution is 9.10. The van der Waals surface area contributed by atoms with E-state index in [1.807, 2.05) is 0 Å². The van der Waals surface area contributed by atoms with Crippen LogP contribution in [0.2, 0.25) is 0 Å². The Morgan fingerprint density at radius 3 is 2.30 bits per heavy atom. The fraction of sp³-hybridized carbons (Fsp3) is 0.294. The third-order valence-corrected chi connectivity index (χ3v) is 4.02. The van der Waals surface area contributed by atoms with E-state index in [1.54, 1.807) is 12.1 Å². The van der Waals surface area contributed by atoms with Crippen LogP contribution in [0, 0.1) is 5.82 Å². The first kappa shape index (κ1) is 15.0. The fourth-order valence-corrected chi connectivity index (χ4v) is 2.35. The molecule has 0 saturated heterocycles. The third-order valence-electron chi connectivity index (χ3n) is 3.24. The minimum atomic E-state index is -0.215. The molecule has 0 aliphatic heterocycles. The molecule has 0 radical (unpaired) electrons. The first-order valence-corrected chi connectivity index (χ1v) is 7.44. The highest BCUT2D eigenvalue weighted by atomic mass is 79.9. The number of anilines is 1. The van der Waals surface area contributed by atoms with Crippen LogP contribution in [0.25, 0.3) is 0 Å². The van der Waals surface area contributed by atoms with Crippen molar-refractivity contribution >= 4 is 21.6 Å². The van der Waals surface area contributed by atoms with Crippen molar-refractivity contribution in [2.75, 3.05) is 5.32 Å². The summed E-state index contributed by atoms with van der Waals surface area (Å²) in [7, 11) is 0. The van der Waals surface area contributed by atoms with Gasteiger partial charge in [0.25, 0.3) is 0 Å². The van der Waals surface area contributed by atoms with Crippen molar-refractivity contribution in [3.63, 3.8) is 0 Å². The summed E-state index contributed by atoms with van der Waals surface area (Å²) < 4.78 is 14.1. The van der Waals surface area contributed by atoms with Crippen LogP contribution in [0.5, 0.6) is 0 Å². The number of hydrogen-bond acceptors (Lipinski definition) is 1. The Hall–Kier alpha value is -1.35. The molecule has 3 heteroatoms. The Balaban J connectivity index is 2.06. The standard InChI is InChI=1S/C17H19BrFN/c1-17(2,3)13-4-7-15(8-5-13)20-11-12-10-14(19)6-9-16(12)18/h4-10,20H,11H2,1-3H3. The highest BCUT2D eigenvalue weighted by Gasteiger charge is 2.12. The van der Waals surface area contributed by atoms with E-state index in [1.165, 1.54) is 11.6 Å². The van der Waals surface area contributed by atoms with Crippen LogP contribution in [0.1, 0.15) is 31.9 Å². The number of hydrogen-bond donors (Lipinski definition) is 1. The van der Waals surface area contributed by atoms with Gasteiger partial charge >= 0.3 is 0 Å². The molecule has 0 aromatic heterocycles. The van der Waals surface area contributed by atoms with Gasteiger partial charge in [-0.05, 0) is 46.9 Å². The number of rotatable bonds is 3. The van der Waals surface area contributed by atoms with E-state index in [2.05, 4.69) is 66.3 Å². The van der Waals surface area contributed by atoms with Crippen molar-refractivity contribution in [1.29, 1.82) is 0 Å². The van der Waals surface area contributed by atoms with Gasteiger partial charge in [-0.25, -0.2) is 4.39 Å². The maximum atomic E-state index is 13.2. The number of benzene rings is 2. The van der Waals surface area contributed by atoms with E-state index in [9.17, 15) is 4.39 Å². The average Bonchev–Trinajstić information content (AvgIpc) is 2.39. The van der Waals surface area contributed by atoms with Gasteiger partial charge in [0.2, 0.25) is 0 Å². The summed E-state index contributed by atoms with van der Waals surface area (Å²) in [5.41, 5.74) is 3.40. The van der Waals surface area contributed by atoms with Gasteiger partial charge in [-0.15, -0.1) is 0 Å². The molecule has 0 saturated carbocycles. The Morgan fingerprint density at radius 2 is 1.70 bits per heavy atom. The molecule has 0 aliphatic carbocycles. The molecule has 0 aliphatic rings. The molecule has 0 spiro atoms. The van der Waals surface area contributed by atoms with E-state index >= 15 is 0 Å². The molecular formula is C17H19BrFN. The largest absolute Gasteiger partial charge is 0.381 e. The predicted molar refractivity (Wildman–Crippen MR) is 86.6 cm³/mol. The van der Waals surface area contributed by atoms with Gasteiger partial charge in [-0.2, -0.15) is 0 Å². The van der Waals surface area contributed by atoms with Crippen LogP contribution in [-0.4, -0.2) is 0 Å². The third kappa shape index (κ3) is 3.83. The molecule has 1 N–H and O–H groups in total. The molecule has 0 heterocycles. The second kappa shape index (κ2) is 5.96. The second-order valence-electron chi connectivity index (χ2n) is 5.92. The summed E-state index contributed by atoms with van der Waals surface area (Å²) in [6.07, 6.45) is 0. The molecule has 106 valence electrons. The molecule has 0 fully saturated rings. The van der Waals surface area contributed by atoms with E-state index < -0.39 is 0 Å². The van der Waals surface area contributed by atoms with Crippen LogP contribution < -0.4 is 5.32 Å². The van der Waals surface area contributed by atoms with Crippen LogP contribution in [-0.2, 0) is 12.0 Å². The Labute approximate surface area is 128 Å². The number of halogens is 2. The van der Waals surface area contributed by atoms with Gasteiger partial charge < -0.3 is 5.32 Å². The van der Waals surface area contributed by atoms with E-state index in [0.29, 0.717) is 6.54 Å². The molecule has 2 rings (SSSR count). The lowest BCUT2D eigenvalue weighted by Gasteiger charge is -2.19. The van der Waals surface area contributed by atoms with Gasteiger partial charge in [0.15, 0.2) is 0 Å². The molecule has 0 unspecified atom stereocenters. The summed E-state index contributed by atoms with van der Waals surface area (Å²) in [6, 6.07) is 13.1. The summed E-state index contributed by atoms with van der Waals surface area (Å²) in [6.45, 7) is 7.17. The van der Waals surface area contributed by atoms with E-state index in [-0.39, 0.29) is 11.2 Å². The molecule has 2 aromatic rings. The molecule has 0 amide bonds. The highest BCUT2D eigenvalue weighted by Crippen LogP contribution is 2.24. The van der Waals surface area contributed by atoms with E-state index in [4.69, 9.17) is 0 Å². The van der Waals surface area contributed by atoms with Crippen molar-refractivity contribution in [2.45, 2.75) is 32.7 Å². The zero-order valence-corrected chi connectivity index (χ0v) is 13.6. The average molecular weight is 336 g/mol. The van der Waals surface area contributed by atoms with Gasteiger partial charge in [0.05, 0.1) is 0 Å². The lowest BCUT2D eigenvalue weighted by Crippen LogP contribution is -2.10. The number of nitrogens with one attached hydrogen (secondary N) is 1. The molecule has 2 aromatic carbocycles. The Bertz CT molecular complexity index is 585. The monoisotopic (exact) mass is 335 g/mol. The first-order valence-electron chi connectivity index (χ1n) is 6.64. The first-order chi connectivity index (χ1) is 9.36. The molecular weight excluding hydrogens is 317 g/mol. The summed E-state index contributed by atoms with van der Waals surface area (Å²) in [4.78, 5) is 0. The molecule has 20 heavy (non-hydrogen) atoms. The van der Waals surface area contributed by atoms with E-state index in [0.717, 1.165) is 15.7 Å². The van der Waals surface area contributed by atoms with Gasteiger partial charge in [0, 0.05) is 16.7 Å². The smallest absolute Gasteiger partial charge is 0.123 e. The van der Waals surface area contributed by atoms with Crippen LogP contribution in [0.4, 0.5) is 10.1 Å². The lowest BCUT2D eigenvalue weighted by atomic mass is 9.87. The van der Waals surface area contributed by atoms with Crippen LogP contribution in [0.3, 0.4) is 0 Å². The summed E-state index contributed by atoms with van der Waals surface area (Å²) in [5, 5.41) is 3.31. The second-order valence-corrected chi connectivity index (χ2v) is 6.77. The van der Waals surface area contributed by atoms with Crippen molar-refractivity contribution in [3.8, 4) is 0 Å². The zero-order valence-electron chi connectivity index (χ0n) is 12.0. The summed E-state index contributed by atoms with van der Waals surface area (Å²) in [5.74, 6) is -0.215. The van der Waals surface area contributed by atoms with Crippen LogP contribution >= 0.6 is 15.9 Å². The van der Waals surface area contributed by atoms with Gasteiger partial charge in [0.1, 0.15) is 5.82 Å². The van der Waals surface area contributed by atoms with Crippen molar-refractivity contribution in [2.24, 2.45) is 0 Å². The van der Waals surface area contributed by atoms with Crippen molar-refractivity contribution in [1.82, 2.24) is 0 Å². The summed E-state index contributed by atoms with van der Waals surface area (Å²) >= 11 is 3.44. The van der Waals surface area contributed by atoms with Gasteiger partial charge in [-0.3, -0.25) is 0 Å². The molecule has 0 atom stereocenters. The predicted octanol–water partition coefficient (Wildman–Crippen LogP) is 5.50. The topological polar surface area (TPSA) is 12.0 Å². The maximum Gasteiger partial charge on any atom is 0.123 e. The van der Waals surface area contributed by atoms with Crippen molar-refractivity contribution < 1.29 is 4.39 Å². The Kier molecular flexibility index (Phi) is 4.48. The minimum Gasteiger partial charge on any atom is -0.381 e. The maximum absolute atomic E-state index is 13.2. The minimum absolute atomic E-state index is 0.157. The normalized spacial score (nSPS) is 11.4.